The summed E-state index contributed by atoms with van der Waals surface area (Å²) in [5.41, 5.74) is -0.267. The van der Waals surface area contributed by atoms with Gasteiger partial charge < -0.3 is 30.0 Å². The fourth-order valence-corrected chi connectivity index (χ4v) is 3.02. The summed E-state index contributed by atoms with van der Waals surface area (Å²) in [6.45, 7) is 0.354. The number of hydrogen-bond acceptors (Lipinski definition) is 7. The Morgan fingerprint density at radius 2 is 1.25 bits per heavy atom. The highest BCUT2D eigenvalue weighted by Gasteiger charge is 2.13. The minimum Gasteiger partial charge on any atom is -0.494 e. The van der Waals surface area contributed by atoms with Crippen LogP contribution in [0.15, 0.2) is 30.3 Å². The molecule has 10 nitrogen and oxygen atoms in total. The first kappa shape index (κ1) is 24.6. The van der Waals surface area contributed by atoms with Crippen molar-refractivity contribution < 1.29 is 44.4 Å². The lowest BCUT2D eigenvalue weighted by Crippen LogP contribution is -2.18. The van der Waals surface area contributed by atoms with Gasteiger partial charge in [0.15, 0.2) is 0 Å². The topological polar surface area (TPSA) is 156 Å². The molecule has 0 unspecified atom stereocenters. The smallest absolute Gasteiger partial charge is 0.335 e. The van der Waals surface area contributed by atoms with Crippen LogP contribution in [0.3, 0.4) is 0 Å². The Labute approximate surface area is 184 Å². The molecule has 32 heavy (non-hydrogen) atoms. The van der Waals surface area contributed by atoms with Crippen LogP contribution in [-0.4, -0.2) is 49.7 Å². The van der Waals surface area contributed by atoms with Gasteiger partial charge in [0.05, 0.1) is 17.7 Å². The minimum absolute atomic E-state index is 0.134. The molecule has 0 radical (unpaired) electrons. The molecule has 0 aliphatic rings. The van der Waals surface area contributed by atoms with E-state index in [1.165, 1.54) is 24.3 Å². The number of aromatic carboxylic acids is 2. The molecular weight excluding hydrogens is 422 g/mol. The molecule has 0 bridgehead atoms. The number of benzene rings is 1. The van der Waals surface area contributed by atoms with Gasteiger partial charge in [0, 0.05) is 18.6 Å². The molecule has 0 atom stereocenters. The van der Waals surface area contributed by atoms with E-state index < -0.39 is 17.9 Å². The zero-order valence-electron chi connectivity index (χ0n) is 17.5. The summed E-state index contributed by atoms with van der Waals surface area (Å²) in [5.74, 6) is -3.45. The number of hydrogen-bond donors (Lipinski definition) is 4. The van der Waals surface area contributed by atoms with Crippen LogP contribution in [0.25, 0.3) is 0 Å². The second-order valence-electron chi connectivity index (χ2n) is 7.24. The highest BCUT2D eigenvalue weighted by atomic mass is 16.7. The molecular formula is C22H27NO9. The monoisotopic (exact) mass is 449 g/mol. The van der Waals surface area contributed by atoms with Gasteiger partial charge in [0.2, 0.25) is 11.8 Å². The molecule has 1 aromatic heterocycles. The van der Waals surface area contributed by atoms with Gasteiger partial charge in [0.1, 0.15) is 5.75 Å². The second kappa shape index (κ2) is 12.2. The standard InChI is InChI=1S/C22H27NO9/c24-18-9-10-19(25)23(18)32-20(26)8-6-4-2-1-3-5-7-11-31-17-13-15(21(27)28)12-16(14-17)22(29)30/h9-10,12-14,24-25H,1-8,11H2,(H,27,28)(H,29,30). The van der Waals surface area contributed by atoms with Gasteiger partial charge in [-0.25, -0.2) is 14.4 Å². The third-order valence-corrected chi connectivity index (χ3v) is 4.69. The predicted molar refractivity (Wildman–Crippen MR) is 112 cm³/mol. The maximum absolute atomic E-state index is 11.7. The van der Waals surface area contributed by atoms with Crippen LogP contribution >= 0.6 is 0 Å². The van der Waals surface area contributed by atoms with Crippen LogP contribution in [0, 0.1) is 0 Å². The van der Waals surface area contributed by atoms with E-state index in [4.69, 9.17) is 19.8 Å². The van der Waals surface area contributed by atoms with Crippen LogP contribution < -0.4 is 9.57 Å². The molecule has 174 valence electrons. The fourth-order valence-electron chi connectivity index (χ4n) is 3.02. The van der Waals surface area contributed by atoms with E-state index in [0.717, 1.165) is 44.6 Å². The first-order valence-corrected chi connectivity index (χ1v) is 10.3. The molecule has 2 rings (SSSR count). The highest BCUT2D eigenvalue weighted by molar-refractivity contribution is 5.94. The molecule has 4 N–H and O–H groups in total. The van der Waals surface area contributed by atoms with Crippen molar-refractivity contribution in [1.29, 1.82) is 0 Å². The number of ether oxygens (including phenoxy) is 1. The highest BCUT2D eigenvalue weighted by Crippen LogP contribution is 2.20. The van der Waals surface area contributed by atoms with E-state index in [0.29, 0.717) is 17.8 Å². The number of aromatic nitrogens is 1. The lowest BCUT2D eigenvalue weighted by molar-refractivity contribution is -0.145. The molecule has 0 spiro atoms. The zero-order valence-corrected chi connectivity index (χ0v) is 17.5. The van der Waals surface area contributed by atoms with E-state index in [1.54, 1.807) is 0 Å². The molecule has 0 aliphatic carbocycles. The number of unbranched alkanes of at least 4 members (excludes halogenated alkanes) is 6. The number of rotatable bonds is 14. The van der Waals surface area contributed by atoms with Gasteiger partial charge in [-0.1, -0.05) is 32.1 Å². The van der Waals surface area contributed by atoms with Crippen molar-refractivity contribution in [3.63, 3.8) is 0 Å². The third kappa shape index (κ3) is 7.86. The number of carboxylic acid groups (broad SMARTS) is 2. The van der Waals surface area contributed by atoms with Gasteiger partial charge in [0.25, 0.3) is 0 Å². The van der Waals surface area contributed by atoms with E-state index in [9.17, 15) is 24.6 Å². The molecule has 0 amide bonds. The predicted octanol–water partition coefficient (Wildman–Crippen LogP) is 3.45. The Kier molecular flexibility index (Phi) is 9.40. The lowest BCUT2D eigenvalue weighted by atomic mass is 10.1. The SMILES string of the molecule is O=C(CCCCCCCCCOc1cc(C(=O)O)cc(C(=O)O)c1)On1c(O)ccc1O. The molecule has 1 aromatic carbocycles. The summed E-state index contributed by atoms with van der Waals surface area (Å²) in [6.07, 6.45) is 6.19. The summed E-state index contributed by atoms with van der Waals surface area (Å²) in [4.78, 5) is 38.8. The van der Waals surface area contributed by atoms with Crippen LogP contribution in [0.5, 0.6) is 17.5 Å². The van der Waals surface area contributed by atoms with Crippen molar-refractivity contribution in [2.45, 2.75) is 51.4 Å². The first-order valence-electron chi connectivity index (χ1n) is 10.3. The third-order valence-electron chi connectivity index (χ3n) is 4.69. The zero-order chi connectivity index (χ0) is 23.5. The Morgan fingerprint density at radius 1 is 0.750 bits per heavy atom. The van der Waals surface area contributed by atoms with Gasteiger partial charge >= 0.3 is 17.9 Å². The Morgan fingerprint density at radius 3 is 1.78 bits per heavy atom. The van der Waals surface area contributed by atoms with Gasteiger partial charge in [-0.15, -0.1) is 4.73 Å². The Bertz CT molecular complexity index is 884. The number of carboxylic acids is 2. The van der Waals surface area contributed by atoms with E-state index in [-0.39, 0.29) is 35.1 Å². The van der Waals surface area contributed by atoms with Crippen LogP contribution in [0.4, 0.5) is 0 Å². The summed E-state index contributed by atoms with van der Waals surface area (Å²) in [6, 6.07) is 6.13. The van der Waals surface area contributed by atoms with Crippen molar-refractivity contribution in [3.8, 4) is 17.5 Å². The minimum atomic E-state index is -1.22. The van der Waals surface area contributed by atoms with Crippen molar-refractivity contribution in [3.05, 3.63) is 41.5 Å². The molecule has 1 heterocycles. The fraction of sp³-hybridized carbons (Fsp3) is 0.409. The maximum Gasteiger partial charge on any atom is 0.335 e. The van der Waals surface area contributed by atoms with Gasteiger partial charge in [-0.05, 0) is 31.0 Å². The Balaban J connectivity index is 1.54. The lowest BCUT2D eigenvalue weighted by Gasteiger charge is -2.08. The van der Waals surface area contributed by atoms with Crippen molar-refractivity contribution in [2.75, 3.05) is 6.61 Å². The number of carbonyl (C=O) groups is 3. The number of aromatic hydroxyl groups is 2. The maximum atomic E-state index is 11.7. The van der Waals surface area contributed by atoms with E-state index >= 15 is 0 Å². The van der Waals surface area contributed by atoms with Crippen LogP contribution in [0.1, 0.15) is 72.1 Å². The Hall–Kier alpha value is -3.69. The van der Waals surface area contributed by atoms with Crippen molar-refractivity contribution >= 4 is 17.9 Å². The number of nitrogens with zero attached hydrogens (tertiary/aromatic N) is 1. The van der Waals surface area contributed by atoms with Crippen LogP contribution in [0.2, 0.25) is 0 Å². The second-order valence-corrected chi connectivity index (χ2v) is 7.24. The summed E-state index contributed by atoms with van der Waals surface area (Å²) in [7, 11) is 0. The summed E-state index contributed by atoms with van der Waals surface area (Å²) < 4.78 is 6.17. The molecule has 0 saturated carbocycles. The normalized spacial score (nSPS) is 10.6. The average molecular weight is 449 g/mol. The summed E-state index contributed by atoms with van der Waals surface area (Å²) in [5, 5.41) is 36.9. The molecule has 0 saturated heterocycles. The molecule has 0 aliphatic heterocycles. The van der Waals surface area contributed by atoms with Crippen molar-refractivity contribution in [1.82, 2.24) is 4.73 Å². The molecule has 2 aromatic rings. The van der Waals surface area contributed by atoms with E-state index in [1.807, 2.05) is 0 Å². The molecule has 0 fully saturated rings. The van der Waals surface area contributed by atoms with Gasteiger partial charge in [-0.3, -0.25) is 0 Å². The first-order chi connectivity index (χ1) is 15.3. The largest absolute Gasteiger partial charge is 0.494 e. The quantitative estimate of drug-likeness (QED) is 0.317. The number of carbonyl (C=O) groups excluding carboxylic acids is 1. The van der Waals surface area contributed by atoms with Gasteiger partial charge in [-0.2, -0.15) is 0 Å². The van der Waals surface area contributed by atoms with E-state index in [2.05, 4.69) is 0 Å². The molecule has 10 heteroatoms. The van der Waals surface area contributed by atoms with Crippen LogP contribution in [-0.2, 0) is 4.79 Å². The average Bonchev–Trinajstić information content (AvgIpc) is 3.06. The summed E-state index contributed by atoms with van der Waals surface area (Å²) >= 11 is 0. The van der Waals surface area contributed by atoms with Crippen molar-refractivity contribution in [2.24, 2.45) is 0 Å².